The third-order valence-electron chi connectivity index (χ3n) is 1.39. The lowest BCUT2D eigenvalue weighted by Crippen LogP contribution is -2.45. The molecule has 0 atom stereocenters. The summed E-state index contributed by atoms with van der Waals surface area (Å²) in [6.45, 7) is 3.62. The van der Waals surface area contributed by atoms with Crippen molar-refractivity contribution in [2.24, 2.45) is 0 Å². The molecule has 0 aliphatic heterocycles. The van der Waals surface area contributed by atoms with Gasteiger partial charge in [-0.1, -0.05) is 6.58 Å². The molecule has 0 amide bonds. The zero-order chi connectivity index (χ0) is 8.91. The second-order valence-electron chi connectivity index (χ2n) is 1.80. The molecule has 0 aliphatic carbocycles. The zero-order valence-corrected chi connectivity index (χ0v) is 8.34. The Labute approximate surface area is 68.1 Å². The average molecular weight is 178 g/mol. The maximum absolute atomic E-state index is 5.06. The van der Waals surface area contributed by atoms with Gasteiger partial charge in [-0.3, -0.25) is 0 Å². The highest BCUT2D eigenvalue weighted by Crippen LogP contribution is 2.15. The normalized spacial score (nSPS) is 11.3. The Kier molecular flexibility index (Phi) is 4.35. The van der Waals surface area contributed by atoms with Gasteiger partial charge in [-0.25, -0.2) is 0 Å². The van der Waals surface area contributed by atoms with E-state index in [1.807, 2.05) is 0 Å². The lowest BCUT2D eigenvalue weighted by Gasteiger charge is -2.24. The van der Waals surface area contributed by atoms with Crippen LogP contribution in [0.15, 0.2) is 12.0 Å². The van der Waals surface area contributed by atoms with Crippen LogP contribution in [0, 0.1) is 0 Å². The van der Waals surface area contributed by atoms with Crippen molar-refractivity contribution >= 4 is 8.80 Å². The minimum atomic E-state index is -2.74. The van der Waals surface area contributed by atoms with Crippen molar-refractivity contribution in [3.63, 3.8) is 0 Å². The standard InChI is InChI=1S/C6H14O4Si/c1-6(7-2)11(8-3,9-4)10-5/h1H2,2-5H3. The lowest BCUT2D eigenvalue weighted by atomic mass is 11.1. The molecule has 0 rings (SSSR count). The van der Waals surface area contributed by atoms with Crippen molar-refractivity contribution in [3.8, 4) is 0 Å². The van der Waals surface area contributed by atoms with Gasteiger partial charge in [0.05, 0.1) is 7.11 Å². The van der Waals surface area contributed by atoms with Crippen molar-refractivity contribution in [3.05, 3.63) is 12.0 Å². The molecule has 5 heteroatoms. The molecule has 0 saturated carbocycles. The van der Waals surface area contributed by atoms with Crippen LogP contribution >= 0.6 is 0 Å². The summed E-state index contributed by atoms with van der Waals surface area (Å²) in [6, 6.07) is 0. The summed E-state index contributed by atoms with van der Waals surface area (Å²) < 4.78 is 20.1. The van der Waals surface area contributed by atoms with Crippen LogP contribution in [-0.2, 0) is 18.0 Å². The van der Waals surface area contributed by atoms with E-state index >= 15 is 0 Å². The van der Waals surface area contributed by atoms with Gasteiger partial charge in [0.2, 0.25) is 0 Å². The van der Waals surface area contributed by atoms with Gasteiger partial charge in [0, 0.05) is 21.3 Å². The monoisotopic (exact) mass is 178 g/mol. The largest absolute Gasteiger partial charge is 0.572 e. The van der Waals surface area contributed by atoms with Crippen molar-refractivity contribution in [2.45, 2.75) is 0 Å². The Balaban J connectivity index is 4.39. The number of methoxy groups -OCH3 is 1. The average Bonchev–Trinajstić information content (AvgIpc) is 2.08. The van der Waals surface area contributed by atoms with E-state index in [-0.39, 0.29) is 0 Å². The van der Waals surface area contributed by atoms with Gasteiger partial charge in [-0.2, -0.15) is 0 Å². The number of ether oxygens (including phenoxy) is 1. The molecule has 0 spiro atoms. The first-order valence-corrected chi connectivity index (χ1v) is 4.78. The maximum Gasteiger partial charge on any atom is 0.572 e. The summed E-state index contributed by atoms with van der Waals surface area (Å²) in [5.41, 5.74) is 0. The summed E-state index contributed by atoms with van der Waals surface area (Å²) in [4.78, 5) is 0. The fourth-order valence-corrected chi connectivity index (χ4v) is 2.15. The second kappa shape index (κ2) is 4.50. The Hall–Kier alpha value is -0.363. The zero-order valence-electron chi connectivity index (χ0n) is 7.34. The van der Waals surface area contributed by atoms with E-state index in [1.165, 1.54) is 28.4 Å². The van der Waals surface area contributed by atoms with Gasteiger partial charge in [0.1, 0.15) is 0 Å². The molecule has 11 heavy (non-hydrogen) atoms. The van der Waals surface area contributed by atoms with Crippen molar-refractivity contribution in [2.75, 3.05) is 28.4 Å². The fraction of sp³-hybridized carbons (Fsp3) is 0.667. The van der Waals surface area contributed by atoms with E-state index in [2.05, 4.69) is 6.58 Å². The van der Waals surface area contributed by atoms with Gasteiger partial charge >= 0.3 is 8.80 Å². The summed E-state index contributed by atoms with van der Waals surface area (Å²) in [7, 11) is 3.27. The van der Waals surface area contributed by atoms with E-state index in [9.17, 15) is 0 Å². The molecule has 0 aliphatic rings. The quantitative estimate of drug-likeness (QED) is 0.455. The first-order chi connectivity index (χ1) is 5.16. The van der Waals surface area contributed by atoms with Crippen molar-refractivity contribution < 1.29 is 18.0 Å². The van der Waals surface area contributed by atoms with Crippen molar-refractivity contribution in [1.82, 2.24) is 0 Å². The summed E-state index contributed by atoms with van der Waals surface area (Å²) in [6.07, 6.45) is 0. The fourth-order valence-electron chi connectivity index (χ4n) is 0.717. The Morgan fingerprint density at radius 1 is 1.00 bits per heavy atom. The molecule has 0 bridgehead atoms. The molecule has 0 saturated heterocycles. The van der Waals surface area contributed by atoms with Crippen LogP contribution in [0.5, 0.6) is 0 Å². The van der Waals surface area contributed by atoms with Gasteiger partial charge < -0.3 is 18.0 Å². The summed E-state index contributed by atoms with van der Waals surface area (Å²) in [5, 5.41) is 0.407. The van der Waals surface area contributed by atoms with Crippen LogP contribution in [0.1, 0.15) is 0 Å². The van der Waals surface area contributed by atoms with Gasteiger partial charge in [0.15, 0.2) is 5.38 Å². The van der Waals surface area contributed by atoms with Crippen LogP contribution in [-0.4, -0.2) is 37.2 Å². The highest BCUT2D eigenvalue weighted by atomic mass is 28.4. The Morgan fingerprint density at radius 3 is 1.45 bits per heavy atom. The first-order valence-electron chi connectivity index (χ1n) is 3.05. The Morgan fingerprint density at radius 2 is 1.36 bits per heavy atom. The van der Waals surface area contributed by atoms with E-state index in [0.717, 1.165) is 0 Å². The molecular formula is C6H14O4Si. The van der Waals surface area contributed by atoms with Crippen molar-refractivity contribution in [1.29, 1.82) is 0 Å². The van der Waals surface area contributed by atoms with Crippen LogP contribution in [0.4, 0.5) is 0 Å². The van der Waals surface area contributed by atoms with E-state index in [1.54, 1.807) is 0 Å². The second-order valence-corrected chi connectivity index (χ2v) is 4.69. The molecule has 0 radical (unpaired) electrons. The predicted octanol–water partition coefficient (Wildman–Crippen LogP) is 0.564. The third-order valence-corrected chi connectivity index (χ3v) is 3.89. The van der Waals surface area contributed by atoms with Crippen LogP contribution < -0.4 is 0 Å². The predicted molar refractivity (Wildman–Crippen MR) is 42.9 cm³/mol. The summed E-state index contributed by atoms with van der Waals surface area (Å²) in [5.74, 6) is 0. The molecule has 0 heterocycles. The third kappa shape index (κ3) is 2.03. The summed E-state index contributed by atoms with van der Waals surface area (Å²) >= 11 is 0. The molecule has 4 nitrogen and oxygen atoms in total. The smallest absolute Gasteiger partial charge is 0.498 e. The van der Waals surface area contributed by atoms with Crippen LogP contribution in [0.25, 0.3) is 0 Å². The van der Waals surface area contributed by atoms with Crippen LogP contribution in [0.3, 0.4) is 0 Å². The van der Waals surface area contributed by atoms with Crippen LogP contribution in [0.2, 0.25) is 0 Å². The molecule has 0 aromatic heterocycles. The lowest BCUT2D eigenvalue weighted by molar-refractivity contribution is 0.110. The molecule has 0 aromatic carbocycles. The van der Waals surface area contributed by atoms with E-state index in [0.29, 0.717) is 5.38 Å². The topological polar surface area (TPSA) is 36.9 Å². The van der Waals surface area contributed by atoms with Gasteiger partial charge in [-0.05, 0) is 0 Å². The maximum atomic E-state index is 5.06. The molecule has 0 fully saturated rings. The number of hydrogen-bond donors (Lipinski definition) is 0. The Bertz CT molecular complexity index is 124. The number of rotatable bonds is 5. The molecule has 66 valence electrons. The van der Waals surface area contributed by atoms with Gasteiger partial charge in [-0.15, -0.1) is 0 Å². The van der Waals surface area contributed by atoms with E-state index in [4.69, 9.17) is 18.0 Å². The minimum Gasteiger partial charge on any atom is -0.498 e. The minimum absolute atomic E-state index is 0.407. The highest BCUT2D eigenvalue weighted by Gasteiger charge is 2.43. The van der Waals surface area contributed by atoms with E-state index < -0.39 is 8.80 Å². The molecule has 0 aromatic rings. The van der Waals surface area contributed by atoms with Gasteiger partial charge in [0.25, 0.3) is 0 Å². The highest BCUT2D eigenvalue weighted by molar-refractivity contribution is 6.67. The first kappa shape index (κ1) is 10.6. The SMILES string of the molecule is C=C(OC)[Si](OC)(OC)OC. The molecule has 0 N–H and O–H groups in total. The molecule has 0 unspecified atom stereocenters. The number of hydrogen-bond acceptors (Lipinski definition) is 4. The molecular weight excluding hydrogens is 164 g/mol.